The molecule has 1 aliphatic heterocycles. The van der Waals surface area contributed by atoms with Gasteiger partial charge in [0.05, 0.1) is 24.2 Å². The van der Waals surface area contributed by atoms with Gasteiger partial charge in [-0.1, -0.05) is 19.1 Å². The molecule has 1 heterocycles. The van der Waals surface area contributed by atoms with Crippen molar-refractivity contribution in [1.29, 1.82) is 5.26 Å². The number of para-hydroxylation sites is 1. The van der Waals surface area contributed by atoms with E-state index in [9.17, 15) is 20.2 Å². The van der Waals surface area contributed by atoms with E-state index in [1.165, 1.54) is 18.2 Å². The maximum absolute atomic E-state index is 12.9. The summed E-state index contributed by atoms with van der Waals surface area (Å²) >= 11 is 0. The van der Waals surface area contributed by atoms with Crippen molar-refractivity contribution in [2.45, 2.75) is 20.3 Å². The molecule has 1 amide bonds. The Morgan fingerprint density at radius 3 is 2.61 bits per heavy atom. The Balaban J connectivity index is 1.95. The Kier molecular flexibility index (Phi) is 7.70. The van der Waals surface area contributed by atoms with Crippen LogP contribution in [0.4, 0.5) is 11.4 Å². The molecule has 2 aromatic carbocycles. The summed E-state index contributed by atoms with van der Waals surface area (Å²) in [5.74, 6) is 0.559. The van der Waals surface area contributed by atoms with E-state index in [1.807, 2.05) is 19.9 Å². The molecule has 0 saturated heterocycles. The fourth-order valence-electron chi connectivity index (χ4n) is 3.10. The molecule has 10 heteroatoms. The number of ether oxygens (including phenoxy) is 4. The van der Waals surface area contributed by atoms with Crippen LogP contribution in [0, 0.1) is 21.4 Å². The minimum atomic E-state index is -0.819. The second kappa shape index (κ2) is 10.9. The van der Waals surface area contributed by atoms with Gasteiger partial charge in [0, 0.05) is 11.6 Å². The van der Waals surface area contributed by atoms with Gasteiger partial charge in [0.2, 0.25) is 0 Å². The third kappa shape index (κ3) is 5.51. The summed E-state index contributed by atoms with van der Waals surface area (Å²) in [7, 11) is 0. The van der Waals surface area contributed by atoms with Gasteiger partial charge in [-0.15, -0.1) is 0 Å². The number of carbonyl (C=O) groups excluding carboxylic acids is 1. The first kappa shape index (κ1) is 23.4. The minimum absolute atomic E-state index is 0.110. The van der Waals surface area contributed by atoms with E-state index in [0.717, 1.165) is 6.42 Å². The highest BCUT2D eigenvalue weighted by Gasteiger charge is 2.24. The molecule has 0 fully saturated rings. The van der Waals surface area contributed by atoms with Crippen LogP contribution in [0.5, 0.6) is 23.0 Å². The predicted molar refractivity (Wildman–Crippen MR) is 120 cm³/mol. The van der Waals surface area contributed by atoms with Crippen LogP contribution < -0.4 is 24.3 Å². The van der Waals surface area contributed by atoms with Crippen molar-refractivity contribution < 1.29 is 28.7 Å². The fraction of sp³-hybridized carbons (Fsp3) is 0.304. The molecule has 0 atom stereocenters. The Hall–Kier alpha value is -4.26. The predicted octanol–water partition coefficient (Wildman–Crippen LogP) is 4.10. The lowest BCUT2D eigenvalue weighted by Gasteiger charge is -2.19. The molecule has 33 heavy (non-hydrogen) atoms. The number of nitro groups is 1. The number of nitriles is 1. The summed E-state index contributed by atoms with van der Waals surface area (Å²) in [6.07, 6.45) is 2.11. The minimum Gasteiger partial charge on any atom is -0.490 e. The Morgan fingerprint density at radius 1 is 1.24 bits per heavy atom. The Morgan fingerprint density at radius 2 is 1.97 bits per heavy atom. The standard InChI is InChI=1S/C23H23N3O7/c1-3-8-33-22-15(6-5-7-19(22)30-4-2)11-16(14-24)23(27)25-17-12-20-21(32-10-9-31-20)13-18(17)26(28)29/h5-7,11-13H,3-4,8-10H2,1-2H3,(H,25,27)/b16-11+. The number of carbonyl (C=O) groups is 1. The van der Waals surface area contributed by atoms with Crippen molar-refractivity contribution in [3.8, 4) is 29.1 Å². The molecule has 0 radical (unpaired) electrons. The van der Waals surface area contributed by atoms with Crippen LogP contribution in [0.2, 0.25) is 0 Å². The maximum atomic E-state index is 12.9. The van der Waals surface area contributed by atoms with Crippen molar-refractivity contribution in [1.82, 2.24) is 0 Å². The number of benzene rings is 2. The van der Waals surface area contributed by atoms with Gasteiger partial charge < -0.3 is 24.3 Å². The Labute approximate surface area is 190 Å². The van der Waals surface area contributed by atoms with Crippen LogP contribution in [0.15, 0.2) is 35.9 Å². The number of hydrogen-bond donors (Lipinski definition) is 1. The van der Waals surface area contributed by atoms with Crippen LogP contribution in [-0.4, -0.2) is 37.3 Å². The van der Waals surface area contributed by atoms with Gasteiger partial charge in [0.1, 0.15) is 30.5 Å². The van der Waals surface area contributed by atoms with E-state index >= 15 is 0 Å². The lowest BCUT2D eigenvalue weighted by Crippen LogP contribution is -2.18. The van der Waals surface area contributed by atoms with Crippen molar-refractivity contribution in [2.24, 2.45) is 0 Å². The molecule has 0 spiro atoms. The highest BCUT2D eigenvalue weighted by atomic mass is 16.6. The molecule has 0 saturated carbocycles. The first-order valence-corrected chi connectivity index (χ1v) is 10.4. The van der Waals surface area contributed by atoms with Crippen LogP contribution in [0.3, 0.4) is 0 Å². The largest absolute Gasteiger partial charge is 0.490 e. The summed E-state index contributed by atoms with van der Waals surface area (Å²) in [5, 5.41) is 23.6. The van der Waals surface area contributed by atoms with Gasteiger partial charge in [-0.3, -0.25) is 14.9 Å². The smallest absolute Gasteiger partial charge is 0.296 e. The number of nitro benzene ring substituents is 1. The van der Waals surface area contributed by atoms with Gasteiger partial charge in [0.15, 0.2) is 23.0 Å². The van der Waals surface area contributed by atoms with E-state index < -0.39 is 10.8 Å². The quantitative estimate of drug-likeness (QED) is 0.260. The van der Waals surface area contributed by atoms with Gasteiger partial charge in [-0.2, -0.15) is 5.26 Å². The molecule has 0 bridgehead atoms. The van der Waals surface area contributed by atoms with Crippen LogP contribution >= 0.6 is 0 Å². The third-order valence-corrected chi connectivity index (χ3v) is 4.53. The molecular formula is C23H23N3O7. The Bertz CT molecular complexity index is 1120. The molecule has 1 N–H and O–H groups in total. The number of fused-ring (bicyclic) bond motifs is 1. The zero-order valence-electron chi connectivity index (χ0n) is 18.3. The molecule has 0 aromatic heterocycles. The second-order valence-electron chi connectivity index (χ2n) is 6.85. The number of anilines is 1. The number of nitrogens with one attached hydrogen (secondary N) is 1. The topological polar surface area (TPSA) is 133 Å². The van der Waals surface area contributed by atoms with Crippen molar-refractivity contribution in [3.05, 3.63) is 51.6 Å². The molecule has 2 aromatic rings. The van der Waals surface area contributed by atoms with Crippen molar-refractivity contribution in [3.63, 3.8) is 0 Å². The number of rotatable bonds is 9. The van der Waals surface area contributed by atoms with Crippen molar-refractivity contribution in [2.75, 3.05) is 31.7 Å². The summed E-state index contributed by atoms with van der Waals surface area (Å²) in [6.45, 7) is 5.16. The average molecular weight is 453 g/mol. The average Bonchev–Trinajstić information content (AvgIpc) is 2.81. The number of amides is 1. The molecule has 10 nitrogen and oxygen atoms in total. The van der Waals surface area contributed by atoms with E-state index in [2.05, 4.69) is 5.32 Å². The molecule has 0 unspecified atom stereocenters. The van der Waals surface area contributed by atoms with Crippen LogP contribution in [0.1, 0.15) is 25.8 Å². The third-order valence-electron chi connectivity index (χ3n) is 4.53. The molecule has 0 aliphatic carbocycles. The second-order valence-corrected chi connectivity index (χ2v) is 6.85. The van der Waals surface area contributed by atoms with E-state index in [-0.39, 0.29) is 41.7 Å². The van der Waals surface area contributed by atoms with E-state index in [0.29, 0.717) is 30.3 Å². The molecule has 3 rings (SSSR count). The van der Waals surface area contributed by atoms with Gasteiger partial charge in [-0.25, -0.2) is 0 Å². The SMILES string of the molecule is CCCOc1c(/C=C(\C#N)C(=O)Nc2cc3c(cc2[N+](=O)[O-])OCCO3)cccc1OCC. The summed E-state index contributed by atoms with van der Waals surface area (Å²) in [6, 6.07) is 9.47. The van der Waals surface area contributed by atoms with Gasteiger partial charge in [-0.05, 0) is 25.5 Å². The summed E-state index contributed by atoms with van der Waals surface area (Å²) in [5.41, 5.74) is -0.289. The molecular weight excluding hydrogens is 430 g/mol. The van der Waals surface area contributed by atoms with E-state index in [1.54, 1.807) is 18.2 Å². The highest BCUT2D eigenvalue weighted by Crippen LogP contribution is 2.39. The summed E-state index contributed by atoms with van der Waals surface area (Å²) in [4.78, 5) is 23.7. The van der Waals surface area contributed by atoms with Crippen molar-refractivity contribution >= 4 is 23.4 Å². The lowest BCUT2D eigenvalue weighted by atomic mass is 10.1. The zero-order chi connectivity index (χ0) is 23.8. The molecule has 1 aliphatic rings. The zero-order valence-corrected chi connectivity index (χ0v) is 18.3. The normalized spacial score (nSPS) is 12.5. The fourth-order valence-corrected chi connectivity index (χ4v) is 3.10. The van der Waals surface area contributed by atoms with Crippen LogP contribution in [-0.2, 0) is 4.79 Å². The molecule has 172 valence electrons. The van der Waals surface area contributed by atoms with Gasteiger partial charge >= 0.3 is 0 Å². The highest BCUT2D eigenvalue weighted by molar-refractivity contribution is 6.10. The lowest BCUT2D eigenvalue weighted by molar-refractivity contribution is -0.384. The summed E-state index contributed by atoms with van der Waals surface area (Å²) < 4.78 is 22.2. The van der Waals surface area contributed by atoms with Crippen LogP contribution in [0.25, 0.3) is 6.08 Å². The maximum Gasteiger partial charge on any atom is 0.296 e. The number of hydrogen-bond acceptors (Lipinski definition) is 8. The van der Waals surface area contributed by atoms with Gasteiger partial charge in [0.25, 0.3) is 11.6 Å². The van der Waals surface area contributed by atoms with E-state index in [4.69, 9.17) is 18.9 Å². The first-order valence-electron chi connectivity index (χ1n) is 10.4. The number of nitrogens with zero attached hydrogens (tertiary/aromatic N) is 2. The first-order chi connectivity index (χ1) is 16.0. The monoisotopic (exact) mass is 453 g/mol.